The Kier molecular flexibility index (Phi) is 5.31. The minimum Gasteiger partial charge on any atom is -0.469 e. The normalized spacial score (nSPS) is 50.7. The lowest BCUT2D eigenvalue weighted by atomic mass is 9.33. The van der Waals surface area contributed by atoms with E-state index >= 15 is 0 Å². The summed E-state index contributed by atoms with van der Waals surface area (Å²) in [6.45, 7) is 21.1. The maximum atomic E-state index is 14.3. The van der Waals surface area contributed by atoms with E-state index in [-0.39, 0.29) is 44.9 Å². The third-order valence-corrected chi connectivity index (χ3v) is 13.3. The summed E-state index contributed by atoms with van der Waals surface area (Å²) >= 11 is 0. The number of esters is 1. The van der Waals surface area contributed by atoms with Crippen molar-refractivity contribution in [1.82, 2.24) is 0 Å². The van der Waals surface area contributed by atoms with Gasteiger partial charge in [-0.3, -0.25) is 9.59 Å². The lowest BCUT2D eigenvalue weighted by molar-refractivity contribution is -0.180. The maximum Gasteiger partial charge on any atom is 0.311 e. The summed E-state index contributed by atoms with van der Waals surface area (Å²) in [5.41, 5.74) is 2.47. The molecule has 194 valence electrons. The van der Waals surface area contributed by atoms with Crippen LogP contribution < -0.4 is 0 Å². The Morgan fingerprint density at radius 1 is 0.971 bits per heavy atom. The van der Waals surface area contributed by atoms with Crippen LogP contribution in [0.4, 0.5) is 0 Å². The van der Waals surface area contributed by atoms with Crippen LogP contribution in [0.25, 0.3) is 0 Å². The van der Waals surface area contributed by atoms with E-state index in [1.807, 2.05) is 0 Å². The first-order valence-corrected chi connectivity index (χ1v) is 14.1. The van der Waals surface area contributed by atoms with Gasteiger partial charge in [0.15, 0.2) is 5.78 Å². The molecule has 4 fully saturated rings. The van der Waals surface area contributed by atoms with Gasteiger partial charge in [0.25, 0.3) is 0 Å². The number of hydrogen-bond acceptors (Lipinski definition) is 3. The summed E-state index contributed by atoms with van der Waals surface area (Å²) in [4.78, 5) is 27.2. The van der Waals surface area contributed by atoms with E-state index in [0.717, 1.165) is 44.9 Å². The van der Waals surface area contributed by atoms with Crippen LogP contribution in [0.5, 0.6) is 0 Å². The molecular formula is C32H48O3. The Morgan fingerprint density at radius 3 is 2.29 bits per heavy atom. The summed E-state index contributed by atoms with van der Waals surface area (Å²) < 4.78 is 5.26. The molecule has 0 spiro atoms. The van der Waals surface area contributed by atoms with E-state index in [1.165, 1.54) is 31.1 Å². The quantitative estimate of drug-likeness (QED) is 0.285. The van der Waals surface area contributed by atoms with Crippen LogP contribution in [-0.2, 0) is 14.3 Å². The highest BCUT2D eigenvalue weighted by Crippen LogP contribution is 2.75. The molecule has 0 aromatic rings. The third kappa shape index (κ3) is 3.02. The second-order valence-corrected chi connectivity index (χ2v) is 15.1. The Bertz CT molecular complexity index is 1020. The van der Waals surface area contributed by atoms with Gasteiger partial charge in [-0.1, -0.05) is 59.3 Å². The largest absolute Gasteiger partial charge is 0.469 e. The summed E-state index contributed by atoms with van der Waals surface area (Å²) in [5.74, 6) is 1.12. The fraction of sp³-hybridized carbons (Fsp3) is 0.812. The number of fused-ring (bicyclic) bond motifs is 7. The van der Waals surface area contributed by atoms with Gasteiger partial charge in [-0.25, -0.2) is 0 Å². The first-order valence-electron chi connectivity index (χ1n) is 14.1. The molecule has 5 aliphatic carbocycles. The predicted octanol–water partition coefficient (Wildman–Crippen LogP) is 7.70. The summed E-state index contributed by atoms with van der Waals surface area (Å²) in [7, 11) is 1.51. The molecule has 35 heavy (non-hydrogen) atoms. The summed E-state index contributed by atoms with van der Waals surface area (Å²) in [5, 5.41) is 0. The highest BCUT2D eigenvalue weighted by atomic mass is 16.5. The standard InChI is InChI=1S/C32H48O3/c1-20-10-12-30(6)24(27(20,2)3)11-13-32(8)25(30)23(33)18-21-22-19-29(5,26(34)35-9)15-14-28(22,4)16-17-31(21,32)7/h18,22,24-25H,1,10-17,19H2,2-9H3/t22?,24-,25+,28+,29-,30-,31+,32+/m0/s1. The summed E-state index contributed by atoms with van der Waals surface area (Å²) in [6, 6.07) is 0. The molecule has 3 heteroatoms. The van der Waals surface area contributed by atoms with Gasteiger partial charge in [0.05, 0.1) is 12.5 Å². The van der Waals surface area contributed by atoms with Crippen molar-refractivity contribution in [1.29, 1.82) is 0 Å². The molecule has 3 nitrogen and oxygen atoms in total. The smallest absolute Gasteiger partial charge is 0.311 e. The number of methoxy groups -OCH3 is 1. The fourth-order valence-corrected chi connectivity index (χ4v) is 10.5. The van der Waals surface area contributed by atoms with Crippen LogP contribution in [-0.4, -0.2) is 18.9 Å². The highest BCUT2D eigenvalue weighted by molar-refractivity contribution is 5.95. The monoisotopic (exact) mass is 480 g/mol. The zero-order valence-corrected chi connectivity index (χ0v) is 23.6. The van der Waals surface area contributed by atoms with E-state index in [2.05, 4.69) is 61.1 Å². The van der Waals surface area contributed by atoms with Crippen molar-refractivity contribution in [3.8, 4) is 0 Å². The number of carbonyl (C=O) groups excluding carboxylic acids is 2. The number of hydrogen-bond donors (Lipinski definition) is 0. The minimum absolute atomic E-state index is 0.00327. The molecule has 0 aliphatic heterocycles. The SMILES string of the molecule is C=C1CC[C@]2(C)[C@H]3C(=O)C=C4C5C[C@@](C)(C(=O)OC)CC[C@]5(C)CC[C@@]4(C)[C@]3(C)CC[C@H]2C1(C)C. The Hall–Kier alpha value is -1.38. The van der Waals surface area contributed by atoms with Crippen molar-refractivity contribution in [3.63, 3.8) is 0 Å². The molecule has 0 radical (unpaired) electrons. The van der Waals surface area contributed by atoms with E-state index < -0.39 is 5.41 Å². The molecule has 1 unspecified atom stereocenters. The van der Waals surface area contributed by atoms with Gasteiger partial charge in [-0.05, 0) is 110 Å². The van der Waals surface area contributed by atoms with E-state index in [0.29, 0.717) is 11.7 Å². The average molecular weight is 481 g/mol. The molecule has 0 bridgehead atoms. The first-order chi connectivity index (χ1) is 16.1. The van der Waals surface area contributed by atoms with Crippen molar-refractivity contribution in [2.75, 3.05) is 7.11 Å². The maximum absolute atomic E-state index is 14.3. The molecule has 0 amide bonds. The third-order valence-electron chi connectivity index (χ3n) is 13.3. The Labute approximate surface area is 213 Å². The number of ether oxygens (including phenoxy) is 1. The lowest BCUT2D eigenvalue weighted by Gasteiger charge is -2.70. The first kappa shape index (κ1) is 25.3. The fourth-order valence-electron chi connectivity index (χ4n) is 10.5. The molecular weight excluding hydrogens is 432 g/mol. The van der Waals surface area contributed by atoms with Gasteiger partial charge >= 0.3 is 5.97 Å². The van der Waals surface area contributed by atoms with Gasteiger partial charge in [0.1, 0.15) is 0 Å². The molecule has 8 atom stereocenters. The van der Waals surface area contributed by atoms with Gasteiger partial charge in [-0.15, -0.1) is 0 Å². The van der Waals surface area contributed by atoms with Crippen LogP contribution >= 0.6 is 0 Å². The number of rotatable bonds is 1. The topological polar surface area (TPSA) is 43.4 Å². The van der Waals surface area contributed by atoms with E-state index in [4.69, 9.17) is 4.74 Å². The molecule has 4 saturated carbocycles. The molecule has 0 N–H and O–H groups in total. The van der Waals surface area contributed by atoms with Crippen molar-refractivity contribution in [2.45, 2.75) is 106 Å². The van der Waals surface area contributed by atoms with Gasteiger partial charge in [-0.2, -0.15) is 0 Å². The predicted molar refractivity (Wildman–Crippen MR) is 141 cm³/mol. The van der Waals surface area contributed by atoms with Crippen LogP contribution in [0, 0.1) is 50.2 Å². The zero-order chi connectivity index (χ0) is 25.8. The van der Waals surface area contributed by atoms with Crippen LogP contribution in [0.15, 0.2) is 23.8 Å². The van der Waals surface area contributed by atoms with Crippen LogP contribution in [0.1, 0.15) is 106 Å². The molecule has 5 rings (SSSR count). The van der Waals surface area contributed by atoms with Crippen molar-refractivity contribution >= 4 is 11.8 Å². The summed E-state index contributed by atoms with van der Waals surface area (Å²) in [6.07, 6.45) is 11.5. The number of carbonyl (C=O) groups is 2. The van der Waals surface area contributed by atoms with Gasteiger partial charge in [0, 0.05) is 5.92 Å². The van der Waals surface area contributed by atoms with Crippen molar-refractivity contribution in [2.24, 2.45) is 50.2 Å². The second-order valence-electron chi connectivity index (χ2n) is 15.1. The van der Waals surface area contributed by atoms with E-state index in [9.17, 15) is 9.59 Å². The molecule has 0 heterocycles. The molecule has 0 saturated heterocycles. The second kappa shape index (κ2) is 7.35. The minimum atomic E-state index is -0.462. The van der Waals surface area contributed by atoms with Crippen molar-refractivity contribution in [3.05, 3.63) is 23.8 Å². The van der Waals surface area contributed by atoms with Gasteiger partial charge < -0.3 is 4.74 Å². The highest BCUT2D eigenvalue weighted by Gasteiger charge is 2.69. The van der Waals surface area contributed by atoms with E-state index in [1.54, 1.807) is 0 Å². The average Bonchev–Trinajstić information content (AvgIpc) is 2.78. The van der Waals surface area contributed by atoms with Crippen molar-refractivity contribution < 1.29 is 14.3 Å². The van der Waals surface area contributed by atoms with Crippen LogP contribution in [0.3, 0.4) is 0 Å². The molecule has 5 aliphatic rings. The number of ketones is 1. The lowest BCUT2D eigenvalue weighted by Crippen LogP contribution is -2.65. The zero-order valence-electron chi connectivity index (χ0n) is 23.6. The Morgan fingerprint density at radius 2 is 1.63 bits per heavy atom. The van der Waals surface area contributed by atoms with Gasteiger partial charge in [0.2, 0.25) is 0 Å². The molecule has 0 aromatic carbocycles. The van der Waals surface area contributed by atoms with Crippen LogP contribution in [0.2, 0.25) is 0 Å². The Balaban J connectivity index is 1.62. The molecule has 0 aromatic heterocycles. The number of allylic oxidation sites excluding steroid dienone is 3.